The Morgan fingerprint density at radius 2 is 2.22 bits per heavy atom. The fraction of sp³-hybridized carbons (Fsp3) is 0.538. The average molecular weight is 250 g/mol. The molecule has 0 aliphatic carbocycles. The second-order valence-corrected chi connectivity index (χ2v) is 4.54. The maximum absolute atomic E-state index is 11.8. The van der Waals surface area contributed by atoms with Crippen molar-refractivity contribution in [2.45, 2.75) is 32.2 Å². The lowest BCUT2D eigenvalue weighted by atomic mass is 10.1. The molecular weight excluding hydrogens is 228 g/mol. The molecule has 1 aromatic heterocycles. The molecule has 3 N–H and O–H groups in total. The molecule has 0 saturated heterocycles. The van der Waals surface area contributed by atoms with Crippen molar-refractivity contribution in [3.05, 3.63) is 18.3 Å². The standard InChI is InChI=1S/C13H22N4O/c1-4-5-6-11(14)13(18)16-10-7-8-12(15-9-10)17(2)3/h7-9,11H,4-6,14H2,1-3H3,(H,16,18)/t11-/m0/s1. The van der Waals surface area contributed by atoms with Crippen LogP contribution in [0.3, 0.4) is 0 Å². The smallest absolute Gasteiger partial charge is 0.241 e. The topological polar surface area (TPSA) is 71.2 Å². The predicted molar refractivity (Wildman–Crippen MR) is 74.7 cm³/mol. The number of nitrogens with one attached hydrogen (secondary N) is 1. The van der Waals surface area contributed by atoms with E-state index >= 15 is 0 Å². The highest BCUT2D eigenvalue weighted by Crippen LogP contribution is 2.12. The molecule has 1 amide bonds. The molecule has 18 heavy (non-hydrogen) atoms. The third-order valence-electron chi connectivity index (χ3n) is 2.68. The van der Waals surface area contributed by atoms with Gasteiger partial charge in [0.1, 0.15) is 5.82 Å². The zero-order valence-corrected chi connectivity index (χ0v) is 11.3. The van der Waals surface area contributed by atoms with Gasteiger partial charge in [-0.05, 0) is 18.6 Å². The van der Waals surface area contributed by atoms with Gasteiger partial charge in [0, 0.05) is 14.1 Å². The second-order valence-electron chi connectivity index (χ2n) is 4.54. The summed E-state index contributed by atoms with van der Waals surface area (Å²) >= 11 is 0. The predicted octanol–water partition coefficient (Wildman–Crippen LogP) is 1.60. The normalized spacial score (nSPS) is 12.0. The molecule has 1 rings (SSSR count). The number of unbranched alkanes of at least 4 members (excludes halogenated alkanes) is 1. The first-order valence-corrected chi connectivity index (χ1v) is 6.24. The molecule has 0 saturated carbocycles. The van der Waals surface area contributed by atoms with Crippen molar-refractivity contribution in [3.8, 4) is 0 Å². The summed E-state index contributed by atoms with van der Waals surface area (Å²) in [7, 11) is 3.84. The summed E-state index contributed by atoms with van der Waals surface area (Å²) in [6.07, 6.45) is 4.36. The van der Waals surface area contributed by atoms with Gasteiger partial charge in [-0.1, -0.05) is 19.8 Å². The summed E-state index contributed by atoms with van der Waals surface area (Å²) in [4.78, 5) is 17.9. The summed E-state index contributed by atoms with van der Waals surface area (Å²) in [6.45, 7) is 2.08. The SMILES string of the molecule is CCCC[C@H](N)C(=O)Nc1ccc(N(C)C)nc1. The number of hydrogen-bond donors (Lipinski definition) is 2. The number of nitrogens with two attached hydrogens (primary N) is 1. The summed E-state index contributed by atoms with van der Waals surface area (Å²) in [5.74, 6) is 0.700. The van der Waals surface area contributed by atoms with Crippen LogP contribution in [-0.4, -0.2) is 31.0 Å². The van der Waals surface area contributed by atoms with Crippen molar-refractivity contribution in [1.82, 2.24) is 4.98 Å². The van der Waals surface area contributed by atoms with Crippen LogP contribution >= 0.6 is 0 Å². The number of anilines is 2. The van der Waals surface area contributed by atoms with Gasteiger partial charge in [0.05, 0.1) is 17.9 Å². The van der Waals surface area contributed by atoms with E-state index < -0.39 is 6.04 Å². The van der Waals surface area contributed by atoms with Gasteiger partial charge in [-0.15, -0.1) is 0 Å². The van der Waals surface area contributed by atoms with E-state index in [2.05, 4.69) is 17.2 Å². The highest BCUT2D eigenvalue weighted by atomic mass is 16.2. The van der Waals surface area contributed by atoms with Crippen molar-refractivity contribution in [2.75, 3.05) is 24.3 Å². The van der Waals surface area contributed by atoms with Crippen LogP contribution in [0.1, 0.15) is 26.2 Å². The van der Waals surface area contributed by atoms with E-state index in [1.807, 2.05) is 31.1 Å². The number of rotatable bonds is 6. The highest BCUT2D eigenvalue weighted by Gasteiger charge is 2.12. The molecule has 100 valence electrons. The third-order valence-corrected chi connectivity index (χ3v) is 2.68. The number of pyridine rings is 1. The number of carbonyl (C=O) groups excluding carboxylic acids is 1. The third kappa shape index (κ3) is 4.33. The van der Waals surface area contributed by atoms with Crippen molar-refractivity contribution < 1.29 is 4.79 Å². The molecule has 0 aliphatic rings. The quantitative estimate of drug-likeness (QED) is 0.804. The Bertz CT molecular complexity index is 375. The first-order chi connectivity index (χ1) is 8.54. The maximum Gasteiger partial charge on any atom is 0.241 e. The highest BCUT2D eigenvalue weighted by molar-refractivity contribution is 5.94. The molecule has 1 atom stereocenters. The van der Waals surface area contributed by atoms with Crippen LogP contribution in [-0.2, 0) is 4.79 Å². The molecule has 1 heterocycles. The van der Waals surface area contributed by atoms with E-state index in [4.69, 9.17) is 5.73 Å². The molecule has 0 bridgehead atoms. The Labute approximate surface area is 108 Å². The minimum atomic E-state index is -0.446. The van der Waals surface area contributed by atoms with E-state index in [9.17, 15) is 4.79 Å². The van der Waals surface area contributed by atoms with Gasteiger partial charge in [0.15, 0.2) is 0 Å². The molecule has 5 heteroatoms. The van der Waals surface area contributed by atoms with E-state index in [1.54, 1.807) is 6.20 Å². The minimum Gasteiger partial charge on any atom is -0.363 e. The zero-order valence-electron chi connectivity index (χ0n) is 11.3. The lowest BCUT2D eigenvalue weighted by Gasteiger charge is -2.13. The Kier molecular flexibility index (Phi) is 5.58. The van der Waals surface area contributed by atoms with Crippen LogP contribution < -0.4 is 16.0 Å². The lowest BCUT2D eigenvalue weighted by Crippen LogP contribution is -2.35. The van der Waals surface area contributed by atoms with Crippen LogP contribution in [0.25, 0.3) is 0 Å². The van der Waals surface area contributed by atoms with Crippen LogP contribution in [0, 0.1) is 0 Å². The Hall–Kier alpha value is -1.62. The summed E-state index contributed by atoms with van der Waals surface area (Å²) in [5, 5.41) is 2.77. The summed E-state index contributed by atoms with van der Waals surface area (Å²) < 4.78 is 0. The number of aromatic nitrogens is 1. The molecule has 0 aromatic carbocycles. The van der Waals surface area contributed by atoms with Gasteiger partial charge >= 0.3 is 0 Å². The fourth-order valence-electron chi connectivity index (χ4n) is 1.51. The monoisotopic (exact) mass is 250 g/mol. The molecule has 0 fully saturated rings. The summed E-state index contributed by atoms with van der Waals surface area (Å²) in [5.41, 5.74) is 6.47. The van der Waals surface area contributed by atoms with Crippen molar-refractivity contribution in [3.63, 3.8) is 0 Å². The Morgan fingerprint density at radius 3 is 2.72 bits per heavy atom. The maximum atomic E-state index is 11.8. The Morgan fingerprint density at radius 1 is 1.50 bits per heavy atom. The Balaban J connectivity index is 2.53. The van der Waals surface area contributed by atoms with Gasteiger partial charge in [0.2, 0.25) is 5.91 Å². The molecule has 1 aromatic rings. The molecule has 5 nitrogen and oxygen atoms in total. The minimum absolute atomic E-state index is 0.150. The summed E-state index contributed by atoms with van der Waals surface area (Å²) in [6, 6.07) is 3.23. The number of amides is 1. The van der Waals surface area contributed by atoms with E-state index in [0.717, 1.165) is 18.7 Å². The van der Waals surface area contributed by atoms with Gasteiger partial charge < -0.3 is 16.0 Å². The average Bonchev–Trinajstić information content (AvgIpc) is 2.36. The zero-order chi connectivity index (χ0) is 13.5. The van der Waals surface area contributed by atoms with E-state index in [1.165, 1.54) is 0 Å². The molecule has 0 unspecified atom stereocenters. The van der Waals surface area contributed by atoms with E-state index in [-0.39, 0.29) is 5.91 Å². The second kappa shape index (κ2) is 6.96. The van der Waals surface area contributed by atoms with Gasteiger partial charge in [-0.2, -0.15) is 0 Å². The first-order valence-electron chi connectivity index (χ1n) is 6.24. The largest absolute Gasteiger partial charge is 0.363 e. The van der Waals surface area contributed by atoms with Crippen molar-refractivity contribution >= 4 is 17.4 Å². The van der Waals surface area contributed by atoms with Crippen molar-refractivity contribution in [2.24, 2.45) is 5.73 Å². The van der Waals surface area contributed by atoms with Crippen LogP contribution in [0.5, 0.6) is 0 Å². The molecular formula is C13H22N4O. The van der Waals surface area contributed by atoms with Crippen LogP contribution in [0.15, 0.2) is 18.3 Å². The van der Waals surface area contributed by atoms with Gasteiger partial charge in [-0.25, -0.2) is 4.98 Å². The number of hydrogen-bond acceptors (Lipinski definition) is 4. The van der Waals surface area contributed by atoms with Crippen LogP contribution in [0.4, 0.5) is 11.5 Å². The van der Waals surface area contributed by atoms with E-state index in [0.29, 0.717) is 12.1 Å². The van der Waals surface area contributed by atoms with Gasteiger partial charge in [0.25, 0.3) is 0 Å². The first kappa shape index (κ1) is 14.4. The van der Waals surface area contributed by atoms with Crippen LogP contribution in [0.2, 0.25) is 0 Å². The van der Waals surface area contributed by atoms with Gasteiger partial charge in [-0.3, -0.25) is 4.79 Å². The fourth-order valence-corrected chi connectivity index (χ4v) is 1.51. The molecule has 0 aliphatic heterocycles. The van der Waals surface area contributed by atoms with Crippen molar-refractivity contribution in [1.29, 1.82) is 0 Å². The molecule has 0 spiro atoms. The number of carbonyl (C=O) groups is 1. The number of nitrogens with zero attached hydrogens (tertiary/aromatic N) is 2. The lowest BCUT2D eigenvalue weighted by molar-refractivity contribution is -0.117. The molecule has 0 radical (unpaired) electrons.